The van der Waals surface area contributed by atoms with E-state index < -0.39 is 84.6 Å². The van der Waals surface area contributed by atoms with E-state index in [9.17, 15) is 62.7 Å². The Balaban J connectivity index is 1.34. The number of anilines is 1. The molecule has 4 unspecified atom stereocenters. The lowest BCUT2D eigenvalue weighted by Crippen LogP contribution is -2.46. The van der Waals surface area contributed by atoms with Crippen LogP contribution in [-0.2, 0) is 55.5 Å². The number of ketones is 1. The number of thioether (sulfide) groups is 1. The summed E-state index contributed by atoms with van der Waals surface area (Å²) in [5.74, 6) is -1.39. The number of hydrogen-bond donors (Lipinski definition) is 9. The summed E-state index contributed by atoms with van der Waals surface area (Å²) in [6.45, 7) is 2.55. The molecule has 3 heterocycles. The first kappa shape index (κ1) is 57.5. The SMILES string of the molecule is CCCCCCCCCCCCCC(=O)CC(=O)SCCNC(=O)CCNC(=O)[C@H](O)C(C)(C)COP(=O)(O)OP(=O)(O)OC[C@H]1O[C@@H](n2cnc3c(N)ncnc32)C(O)C1OP(=O)(O)O. The van der Waals surface area contributed by atoms with Crippen molar-refractivity contribution >= 4 is 74.9 Å². The topological polar surface area (TPSA) is 381 Å². The van der Waals surface area contributed by atoms with Crippen molar-refractivity contribution in [3.05, 3.63) is 12.7 Å². The van der Waals surface area contributed by atoms with Crippen LogP contribution >= 0.6 is 35.2 Å². The number of carbonyl (C=O) groups excluding carboxylic acids is 4. The van der Waals surface area contributed by atoms with Gasteiger partial charge in [-0.1, -0.05) is 96.7 Å². The molecule has 0 radical (unpaired) electrons. The van der Waals surface area contributed by atoms with E-state index in [1.165, 1.54) is 58.8 Å². The molecule has 29 heteroatoms. The number of ether oxygens (including phenoxy) is 1. The lowest BCUT2D eigenvalue weighted by atomic mass is 9.87. The minimum absolute atomic E-state index is 0.0262. The molecule has 1 aliphatic rings. The molecule has 25 nitrogen and oxygen atoms in total. The van der Waals surface area contributed by atoms with Crippen LogP contribution in [0.4, 0.5) is 5.82 Å². The van der Waals surface area contributed by atoms with Crippen LogP contribution in [0.2, 0.25) is 0 Å². The van der Waals surface area contributed by atoms with Gasteiger partial charge in [0, 0.05) is 37.1 Å². The van der Waals surface area contributed by atoms with Gasteiger partial charge in [-0.2, -0.15) is 4.31 Å². The molecule has 0 spiro atoms. The van der Waals surface area contributed by atoms with Crippen LogP contribution in [0.5, 0.6) is 0 Å². The molecule has 1 aliphatic heterocycles. The highest BCUT2D eigenvalue weighted by Crippen LogP contribution is 2.61. The maximum Gasteiger partial charge on any atom is 0.481 e. The molecule has 0 bridgehead atoms. The van der Waals surface area contributed by atoms with E-state index in [1.807, 2.05) is 0 Å². The third-order valence-corrected chi connectivity index (χ3v) is 14.1. The number of nitrogen functional groups attached to an aromatic ring is 1. The first-order chi connectivity index (χ1) is 30.9. The summed E-state index contributed by atoms with van der Waals surface area (Å²) in [7, 11) is -16.4. The number of phosphoric ester groups is 3. The van der Waals surface area contributed by atoms with Crippen molar-refractivity contribution in [3.8, 4) is 0 Å². The predicted molar refractivity (Wildman–Crippen MR) is 238 cm³/mol. The van der Waals surface area contributed by atoms with Crippen LogP contribution in [0.1, 0.15) is 117 Å². The standard InChI is InChI=1S/C37H64N7O18P3S/c1-4-5-6-7-8-9-10-11-12-13-14-15-25(45)20-28(47)66-19-18-39-27(46)16-17-40-35(50)32(49)37(2,3)22-59-65(56,57)62-64(54,55)58-21-26-31(61-63(51,52)53)30(48)36(60-26)44-24-43-29-33(38)41-23-42-34(29)44/h23-24,26,30-32,36,48-49H,4-22H2,1-3H3,(H,39,46)(H,40,50)(H,54,55)(H,56,57)(H2,38,41,42)(H2,51,52,53)/t26-,30?,31?,32+,36-/m1/s1. The number of nitrogens with one attached hydrogen (secondary N) is 2. The van der Waals surface area contributed by atoms with Gasteiger partial charge in [-0.15, -0.1) is 0 Å². The summed E-state index contributed by atoms with van der Waals surface area (Å²) >= 11 is 0.937. The molecule has 0 aliphatic carbocycles. The largest absolute Gasteiger partial charge is 0.481 e. The van der Waals surface area contributed by atoms with Gasteiger partial charge in [-0.05, 0) is 6.42 Å². The first-order valence-corrected chi connectivity index (χ1v) is 27.0. The number of carbonyl (C=O) groups is 4. The fourth-order valence-electron chi connectivity index (χ4n) is 6.58. The van der Waals surface area contributed by atoms with Crippen molar-refractivity contribution in [2.75, 3.05) is 37.8 Å². The van der Waals surface area contributed by atoms with Crippen LogP contribution in [0.25, 0.3) is 11.2 Å². The second-order valence-corrected chi connectivity index (χ2v) is 21.7. The number of nitrogens with two attached hydrogens (primary N) is 1. The molecule has 376 valence electrons. The Morgan fingerprint density at radius 1 is 0.894 bits per heavy atom. The molecule has 7 atom stereocenters. The first-order valence-electron chi connectivity index (χ1n) is 21.5. The van der Waals surface area contributed by atoms with Gasteiger partial charge in [-0.3, -0.25) is 37.3 Å². The number of nitrogens with zero attached hydrogens (tertiary/aromatic N) is 4. The molecule has 66 heavy (non-hydrogen) atoms. The summed E-state index contributed by atoms with van der Waals surface area (Å²) in [6, 6.07) is 0. The van der Waals surface area contributed by atoms with E-state index in [1.54, 1.807) is 0 Å². The zero-order valence-corrected chi connectivity index (χ0v) is 40.7. The van der Waals surface area contributed by atoms with Gasteiger partial charge in [0.25, 0.3) is 0 Å². The number of aliphatic hydroxyl groups excluding tert-OH is 2. The zero-order valence-electron chi connectivity index (χ0n) is 37.2. The molecule has 10 N–H and O–H groups in total. The fourth-order valence-corrected chi connectivity index (χ4v) is 10.1. The van der Waals surface area contributed by atoms with Gasteiger partial charge in [-0.25, -0.2) is 28.6 Å². The Morgan fingerprint density at radius 2 is 1.52 bits per heavy atom. The average Bonchev–Trinajstić information content (AvgIpc) is 3.79. The van der Waals surface area contributed by atoms with Crippen LogP contribution in [-0.4, -0.2) is 128 Å². The number of unbranched alkanes of at least 4 members (excludes halogenated alkanes) is 10. The second-order valence-electron chi connectivity index (χ2n) is 16.3. The smallest absolute Gasteiger partial charge is 0.386 e. The third kappa shape index (κ3) is 20.4. The van der Waals surface area contributed by atoms with Crippen molar-refractivity contribution in [1.29, 1.82) is 0 Å². The van der Waals surface area contributed by atoms with Crippen LogP contribution < -0.4 is 16.4 Å². The van der Waals surface area contributed by atoms with E-state index in [4.69, 9.17) is 19.5 Å². The van der Waals surface area contributed by atoms with E-state index in [0.717, 1.165) is 54.7 Å². The molecule has 2 aromatic rings. The molecule has 1 fully saturated rings. The zero-order chi connectivity index (χ0) is 49.1. The number of imidazole rings is 1. The average molecular weight is 1020 g/mol. The lowest BCUT2D eigenvalue weighted by molar-refractivity contribution is -0.137. The van der Waals surface area contributed by atoms with Crippen LogP contribution in [0, 0.1) is 5.41 Å². The number of phosphoric acid groups is 3. The number of amides is 2. The molecular formula is C37H64N7O18P3S. The van der Waals surface area contributed by atoms with Gasteiger partial charge in [0.2, 0.25) is 11.8 Å². The number of hydrogen-bond acceptors (Lipinski definition) is 19. The van der Waals surface area contributed by atoms with Gasteiger partial charge in [0.15, 0.2) is 22.8 Å². The molecule has 2 amide bonds. The molecular weight excluding hydrogens is 955 g/mol. The van der Waals surface area contributed by atoms with E-state index in [-0.39, 0.29) is 59.6 Å². The summed E-state index contributed by atoms with van der Waals surface area (Å²) in [5.41, 5.74) is 4.24. The van der Waals surface area contributed by atoms with Gasteiger partial charge < -0.3 is 50.9 Å². The van der Waals surface area contributed by atoms with Gasteiger partial charge in [0.05, 0.1) is 26.0 Å². The van der Waals surface area contributed by atoms with Gasteiger partial charge >= 0.3 is 23.5 Å². The Labute approximate surface area is 386 Å². The summed E-state index contributed by atoms with van der Waals surface area (Å²) < 4.78 is 62.3. The summed E-state index contributed by atoms with van der Waals surface area (Å²) in [6.07, 6.45) is 6.01. The van der Waals surface area contributed by atoms with Crippen molar-refractivity contribution < 1.29 is 85.3 Å². The number of rotatable bonds is 33. The highest BCUT2D eigenvalue weighted by Gasteiger charge is 2.50. The minimum Gasteiger partial charge on any atom is -0.386 e. The Bertz CT molecular complexity index is 2040. The Kier molecular flexibility index (Phi) is 23.9. The monoisotopic (exact) mass is 1020 g/mol. The van der Waals surface area contributed by atoms with Crippen molar-refractivity contribution in [2.45, 2.75) is 141 Å². The highest BCUT2D eigenvalue weighted by atomic mass is 32.2. The second kappa shape index (κ2) is 27.4. The molecule has 0 saturated carbocycles. The fraction of sp³-hybridized carbons (Fsp3) is 0.757. The van der Waals surface area contributed by atoms with Crippen LogP contribution in [0.15, 0.2) is 12.7 Å². The molecule has 1 saturated heterocycles. The summed E-state index contributed by atoms with van der Waals surface area (Å²) in [5, 5.41) is 26.2. The Morgan fingerprint density at radius 3 is 2.15 bits per heavy atom. The van der Waals surface area contributed by atoms with E-state index in [0.29, 0.717) is 6.42 Å². The van der Waals surface area contributed by atoms with E-state index >= 15 is 0 Å². The Hall–Kier alpha value is -2.77. The van der Waals surface area contributed by atoms with Crippen LogP contribution in [0.3, 0.4) is 0 Å². The van der Waals surface area contributed by atoms with Crippen molar-refractivity contribution in [2.24, 2.45) is 5.41 Å². The number of Topliss-reactive ketones (excluding diaryl/α,β-unsaturated/α-hetero) is 1. The highest BCUT2D eigenvalue weighted by molar-refractivity contribution is 8.13. The molecule has 3 rings (SSSR count). The maximum atomic E-state index is 12.7. The van der Waals surface area contributed by atoms with E-state index in [2.05, 4.69) is 41.3 Å². The molecule has 2 aromatic heterocycles. The number of aliphatic hydroxyl groups is 2. The lowest BCUT2D eigenvalue weighted by Gasteiger charge is -2.30. The predicted octanol–water partition coefficient (Wildman–Crippen LogP) is 3.33. The third-order valence-electron chi connectivity index (χ3n) is 10.2. The van der Waals surface area contributed by atoms with Crippen molar-refractivity contribution in [3.63, 3.8) is 0 Å². The molecule has 0 aromatic carbocycles. The maximum absolute atomic E-state index is 12.7. The quantitative estimate of drug-likeness (QED) is 0.0281. The van der Waals surface area contributed by atoms with Gasteiger partial charge in [0.1, 0.15) is 42.0 Å². The summed E-state index contributed by atoms with van der Waals surface area (Å²) in [4.78, 5) is 100. The number of aromatic nitrogens is 4. The normalized spacial score (nSPS) is 20.1. The number of fused-ring (bicyclic) bond motifs is 1. The minimum atomic E-state index is -5.59. The van der Waals surface area contributed by atoms with Crippen molar-refractivity contribution in [1.82, 2.24) is 30.2 Å².